The first-order valence-corrected chi connectivity index (χ1v) is 7.67. The van der Waals surface area contributed by atoms with E-state index >= 15 is 0 Å². The molecule has 0 amide bonds. The predicted octanol–water partition coefficient (Wildman–Crippen LogP) is 3.33. The van der Waals surface area contributed by atoms with Crippen molar-refractivity contribution < 1.29 is 9.90 Å². The number of rotatable bonds is 2. The first-order valence-electron chi connectivity index (χ1n) is 7.67. The molecule has 1 heterocycles. The van der Waals surface area contributed by atoms with Gasteiger partial charge in [-0.25, -0.2) is 4.79 Å². The minimum absolute atomic E-state index is 0.377. The van der Waals surface area contributed by atoms with Gasteiger partial charge in [0.15, 0.2) is 0 Å². The van der Waals surface area contributed by atoms with Gasteiger partial charge < -0.3 is 10.0 Å². The van der Waals surface area contributed by atoms with E-state index in [2.05, 4.69) is 30.9 Å². The number of aliphatic carboxylic acids is 1. The van der Waals surface area contributed by atoms with Crippen LogP contribution < -0.4 is 4.90 Å². The van der Waals surface area contributed by atoms with Crippen LogP contribution in [0.25, 0.3) is 0 Å². The van der Waals surface area contributed by atoms with Crippen molar-refractivity contribution in [3.05, 3.63) is 29.8 Å². The molecule has 2 aliphatic rings. The van der Waals surface area contributed by atoms with Crippen LogP contribution >= 0.6 is 0 Å². The van der Waals surface area contributed by atoms with Crippen LogP contribution in [0, 0.1) is 11.8 Å². The summed E-state index contributed by atoms with van der Waals surface area (Å²) in [7, 11) is 0. The van der Waals surface area contributed by atoms with E-state index in [4.69, 9.17) is 0 Å². The molecule has 1 fully saturated rings. The van der Waals surface area contributed by atoms with Gasteiger partial charge in [0.2, 0.25) is 0 Å². The van der Waals surface area contributed by atoms with Crippen LogP contribution in [0.15, 0.2) is 24.3 Å². The third-order valence-electron chi connectivity index (χ3n) is 5.27. The molecule has 0 aromatic heterocycles. The van der Waals surface area contributed by atoms with E-state index in [1.807, 2.05) is 12.1 Å². The number of anilines is 1. The quantitative estimate of drug-likeness (QED) is 0.898. The number of hydrogen-bond donors (Lipinski definition) is 1. The summed E-state index contributed by atoms with van der Waals surface area (Å²) >= 11 is 0. The van der Waals surface area contributed by atoms with Crippen molar-refractivity contribution >= 4 is 11.7 Å². The van der Waals surface area contributed by atoms with E-state index < -0.39 is 5.97 Å². The molecular formula is C17H23NO2. The van der Waals surface area contributed by atoms with Crippen LogP contribution in [0.2, 0.25) is 0 Å². The molecule has 0 bridgehead atoms. The summed E-state index contributed by atoms with van der Waals surface area (Å²) < 4.78 is 0. The molecular weight excluding hydrogens is 250 g/mol. The third kappa shape index (κ3) is 2.19. The highest BCUT2D eigenvalue weighted by atomic mass is 16.4. The first kappa shape index (κ1) is 13.5. The maximum atomic E-state index is 11.6. The van der Waals surface area contributed by atoms with Crippen molar-refractivity contribution in [3.8, 4) is 0 Å². The van der Waals surface area contributed by atoms with Gasteiger partial charge in [-0.2, -0.15) is 0 Å². The van der Waals surface area contributed by atoms with Gasteiger partial charge in [0, 0.05) is 18.2 Å². The Morgan fingerprint density at radius 1 is 1.20 bits per heavy atom. The van der Waals surface area contributed by atoms with Crippen molar-refractivity contribution in [2.75, 3.05) is 4.90 Å². The maximum Gasteiger partial charge on any atom is 0.326 e. The molecule has 1 aliphatic carbocycles. The van der Waals surface area contributed by atoms with Crippen molar-refractivity contribution in [3.63, 3.8) is 0 Å². The van der Waals surface area contributed by atoms with Gasteiger partial charge in [0.1, 0.15) is 6.04 Å². The Morgan fingerprint density at radius 2 is 1.95 bits per heavy atom. The normalized spacial score (nSPS) is 33.0. The van der Waals surface area contributed by atoms with Crippen molar-refractivity contribution in [1.29, 1.82) is 0 Å². The molecule has 20 heavy (non-hydrogen) atoms. The zero-order valence-electron chi connectivity index (χ0n) is 12.2. The van der Waals surface area contributed by atoms with Crippen molar-refractivity contribution in [2.45, 2.75) is 51.6 Å². The van der Waals surface area contributed by atoms with Gasteiger partial charge in [0.05, 0.1) is 0 Å². The topological polar surface area (TPSA) is 40.5 Å². The standard InChI is InChI=1S/C17H23NO2/c1-11-7-8-14(9-12(11)2)18-15-6-4-3-5-13(15)10-16(18)17(19)20/h3-6,11-12,14,16H,7-10H2,1-2H3,(H,19,20). The number of benzene rings is 1. The van der Waals surface area contributed by atoms with Gasteiger partial charge in [0.25, 0.3) is 0 Å². The van der Waals surface area contributed by atoms with E-state index in [1.165, 1.54) is 12.0 Å². The number of para-hydroxylation sites is 1. The van der Waals surface area contributed by atoms with E-state index in [9.17, 15) is 9.90 Å². The van der Waals surface area contributed by atoms with Crippen LogP contribution in [0.3, 0.4) is 0 Å². The maximum absolute atomic E-state index is 11.6. The monoisotopic (exact) mass is 273 g/mol. The molecule has 1 aromatic rings. The Bertz CT molecular complexity index is 513. The second kappa shape index (κ2) is 5.12. The zero-order chi connectivity index (χ0) is 14.3. The van der Waals surface area contributed by atoms with Crippen LogP contribution in [0.4, 0.5) is 5.69 Å². The summed E-state index contributed by atoms with van der Waals surface area (Å²) in [4.78, 5) is 13.8. The van der Waals surface area contributed by atoms with Crippen LogP contribution in [0.5, 0.6) is 0 Å². The molecule has 4 unspecified atom stereocenters. The van der Waals surface area contributed by atoms with Crippen LogP contribution in [-0.2, 0) is 11.2 Å². The lowest BCUT2D eigenvalue weighted by Gasteiger charge is -2.40. The highest BCUT2D eigenvalue weighted by Crippen LogP contribution is 2.40. The van der Waals surface area contributed by atoms with E-state index in [0.717, 1.165) is 24.4 Å². The number of carboxylic acid groups (broad SMARTS) is 1. The summed E-state index contributed by atoms with van der Waals surface area (Å²) in [6.07, 6.45) is 4.08. The third-order valence-corrected chi connectivity index (χ3v) is 5.27. The largest absolute Gasteiger partial charge is 0.480 e. The lowest BCUT2D eigenvalue weighted by atomic mass is 9.78. The van der Waals surface area contributed by atoms with E-state index in [-0.39, 0.29) is 6.04 Å². The molecule has 1 aliphatic heterocycles. The Kier molecular flexibility index (Phi) is 3.45. The number of fused-ring (bicyclic) bond motifs is 1. The predicted molar refractivity (Wildman–Crippen MR) is 80.0 cm³/mol. The van der Waals surface area contributed by atoms with Crippen molar-refractivity contribution in [1.82, 2.24) is 0 Å². The van der Waals surface area contributed by atoms with Gasteiger partial charge in [-0.05, 0) is 42.7 Å². The summed E-state index contributed by atoms with van der Waals surface area (Å²) in [6, 6.07) is 8.18. The van der Waals surface area contributed by atoms with Gasteiger partial charge in [-0.3, -0.25) is 0 Å². The summed E-state index contributed by atoms with van der Waals surface area (Å²) in [6.45, 7) is 4.61. The molecule has 1 saturated carbocycles. The van der Waals surface area contributed by atoms with Gasteiger partial charge in [-0.1, -0.05) is 32.0 Å². The van der Waals surface area contributed by atoms with E-state index in [1.54, 1.807) is 0 Å². The van der Waals surface area contributed by atoms with E-state index in [0.29, 0.717) is 18.4 Å². The fourth-order valence-corrected chi connectivity index (χ4v) is 3.84. The summed E-state index contributed by atoms with van der Waals surface area (Å²) in [5.41, 5.74) is 2.33. The molecule has 1 aromatic carbocycles. The molecule has 0 radical (unpaired) electrons. The Balaban J connectivity index is 1.91. The fraction of sp³-hybridized carbons (Fsp3) is 0.588. The molecule has 0 spiro atoms. The molecule has 0 saturated heterocycles. The molecule has 4 atom stereocenters. The van der Waals surface area contributed by atoms with Crippen molar-refractivity contribution in [2.24, 2.45) is 11.8 Å². The SMILES string of the molecule is CC1CCC(N2c3ccccc3CC2C(=O)O)CC1C. The first-order chi connectivity index (χ1) is 9.58. The highest BCUT2D eigenvalue weighted by Gasteiger charge is 2.40. The Hall–Kier alpha value is -1.51. The van der Waals surface area contributed by atoms with Gasteiger partial charge >= 0.3 is 5.97 Å². The number of hydrogen-bond acceptors (Lipinski definition) is 2. The molecule has 3 rings (SSSR count). The number of carbonyl (C=O) groups is 1. The second-order valence-corrected chi connectivity index (χ2v) is 6.52. The molecule has 108 valence electrons. The summed E-state index contributed by atoms with van der Waals surface area (Å²) in [5, 5.41) is 9.56. The zero-order valence-corrected chi connectivity index (χ0v) is 12.2. The number of carboxylic acids is 1. The smallest absolute Gasteiger partial charge is 0.326 e. The highest BCUT2D eigenvalue weighted by molar-refractivity contribution is 5.82. The Labute approximate surface area is 120 Å². The minimum atomic E-state index is -0.688. The molecule has 3 nitrogen and oxygen atoms in total. The van der Waals surface area contributed by atoms with Crippen LogP contribution in [-0.4, -0.2) is 23.2 Å². The minimum Gasteiger partial charge on any atom is -0.480 e. The fourth-order valence-electron chi connectivity index (χ4n) is 3.84. The molecule has 3 heteroatoms. The lowest BCUT2D eigenvalue weighted by molar-refractivity contribution is -0.138. The average molecular weight is 273 g/mol. The van der Waals surface area contributed by atoms with Gasteiger partial charge in [-0.15, -0.1) is 0 Å². The summed E-state index contributed by atoms with van der Waals surface area (Å²) in [5.74, 6) is 0.746. The second-order valence-electron chi connectivity index (χ2n) is 6.52. The average Bonchev–Trinajstić information content (AvgIpc) is 2.81. The van der Waals surface area contributed by atoms with Crippen LogP contribution in [0.1, 0.15) is 38.7 Å². The molecule has 1 N–H and O–H groups in total. The Morgan fingerprint density at radius 3 is 2.65 bits per heavy atom. The number of nitrogens with zero attached hydrogens (tertiary/aromatic N) is 1. The lowest BCUT2D eigenvalue weighted by Crippen LogP contribution is -2.48.